The lowest BCUT2D eigenvalue weighted by Crippen LogP contribution is -2.01. The minimum absolute atomic E-state index is 0.0398. The van der Waals surface area contributed by atoms with Crippen LogP contribution in [0.4, 0.5) is 11.5 Å². The van der Waals surface area contributed by atoms with Crippen molar-refractivity contribution in [2.45, 2.75) is 19.8 Å². The number of aryl methyl sites for hydroxylation is 1. The van der Waals surface area contributed by atoms with Gasteiger partial charge in [0.25, 0.3) is 5.69 Å². The van der Waals surface area contributed by atoms with E-state index >= 15 is 0 Å². The Hall–Kier alpha value is -2.50. The van der Waals surface area contributed by atoms with E-state index in [1.807, 2.05) is 6.07 Å². The van der Waals surface area contributed by atoms with Gasteiger partial charge in [-0.05, 0) is 6.42 Å². The fraction of sp³-hybridized carbons (Fsp3) is 0.286. The second kappa shape index (κ2) is 6.10. The van der Waals surface area contributed by atoms with E-state index in [4.69, 9.17) is 0 Å². The molecule has 0 saturated carbocycles. The number of anilines is 1. The molecule has 0 saturated heterocycles. The third kappa shape index (κ3) is 3.09. The Morgan fingerprint density at radius 1 is 1.30 bits per heavy atom. The van der Waals surface area contributed by atoms with E-state index in [2.05, 4.69) is 22.2 Å². The molecule has 0 aliphatic rings. The predicted molar refractivity (Wildman–Crippen MR) is 77.7 cm³/mol. The quantitative estimate of drug-likeness (QED) is 0.668. The van der Waals surface area contributed by atoms with E-state index in [9.17, 15) is 10.1 Å². The molecule has 1 aromatic heterocycles. The molecule has 1 N–H and O–H groups in total. The molecular weight excluding hydrogens is 256 g/mol. The molecule has 20 heavy (non-hydrogen) atoms. The van der Waals surface area contributed by atoms with Crippen LogP contribution in [0, 0.1) is 10.1 Å². The SMILES string of the molecule is CCCc1cc(NC)nc(-c2cccc([N+](=O)[O-])c2)n1. The van der Waals surface area contributed by atoms with Gasteiger partial charge in [-0.25, -0.2) is 9.97 Å². The zero-order valence-corrected chi connectivity index (χ0v) is 11.5. The smallest absolute Gasteiger partial charge is 0.270 e. The van der Waals surface area contributed by atoms with Crippen LogP contribution in [0.15, 0.2) is 30.3 Å². The van der Waals surface area contributed by atoms with Crippen molar-refractivity contribution in [1.82, 2.24) is 9.97 Å². The van der Waals surface area contributed by atoms with Gasteiger partial charge in [0, 0.05) is 36.5 Å². The maximum Gasteiger partial charge on any atom is 0.270 e. The lowest BCUT2D eigenvalue weighted by molar-refractivity contribution is -0.384. The first-order chi connectivity index (χ1) is 9.63. The van der Waals surface area contributed by atoms with Gasteiger partial charge in [0.15, 0.2) is 5.82 Å². The fourth-order valence-electron chi connectivity index (χ4n) is 1.90. The first kappa shape index (κ1) is 13.9. The molecule has 6 nitrogen and oxygen atoms in total. The number of non-ortho nitro benzene ring substituents is 1. The third-order valence-electron chi connectivity index (χ3n) is 2.86. The Kier molecular flexibility index (Phi) is 4.24. The van der Waals surface area contributed by atoms with Gasteiger partial charge in [-0.15, -0.1) is 0 Å². The molecule has 0 bridgehead atoms. The summed E-state index contributed by atoms with van der Waals surface area (Å²) >= 11 is 0. The molecule has 104 valence electrons. The molecule has 0 fully saturated rings. The molecule has 0 amide bonds. The summed E-state index contributed by atoms with van der Waals surface area (Å²) in [5, 5.41) is 13.8. The molecule has 0 atom stereocenters. The van der Waals surface area contributed by atoms with Crippen LogP contribution >= 0.6 is 0 Å². The Morgan fingerprint density at radius 3 is 2.75 bits per heavy atom. The highest BCUT2D eigenvalue weighted by Crippen LogP contribution is 2.22. The summed E-state index contributed by atoms with van der Waals surface area (Å²) in [5.41, 5.74) is 1.61. The van der Waals surface area contributed by atoms with Crippen LogP contribution in [-0.2, 0) is 6.42 Å². The summed E-state index contributed by atoms with van der Waals surface area (Å²) in [6, 6.07) is 8.26. The van der Waals surface area contributed by atoms with Gasteiger partial charge in [0.1, 0.15) is 5.82 Å². The highest BCUT2D eigenvalue weighted by atomic mass is 16.6. The van der Waals surface area contributed by atoms with Crippen LogP contribution in [0.1, 0.15) is 19.0 Å². The number of rotatable bonds is 5. The van der Waals surface area contributed by atoms with Crippen molar-refractivity contribution in [1.29, 1.82) is 0 Å². The predicted octanol–water partition coefficient (Wildman–Crippen LogP) is 3.05. The van der Waals surface area contributed by atoms with Gasteiger partial charge >= 0.3 is 0 Å². The van der Waals surface area contributed by atoms with Crippen molar-refractivity contribution in [2.24, 2.45) is 0 Å². The van der Waals surface area contributed by atoms with E-state index in [1.54, 1.807) is 19.2 Å². The van der Waals surface area contributed by atoms with E-state index < -0.39 is 4.92 Å². The molecule has 0 radical (unpaired) electrons. The number of hydrogen-bond donors (Lipinski definition) is 1. The van der Waals surface area contributed by atoms with Gasteiger partial charge in [0.05, 0.1) is 4.92 Å². The highest BCUT2D eigenvalue weighted by molar-refractivity contribution is 5.61. The second-order valence-electron chi connectivity index (χ2n) is 4.38. The molecule has 2 rings (SSSR count). The third-order valence-corrected chi connectivity index (χ3v) is 2.86. The number of nitrogens with zero attached hydrogens (tertiary/aromatic N) is 3. The lowest BCUT2D eigenvalue weighted by Gasteiger charge is -2.07. The largest absolute Gasteiger partial charge is 0.373 e. The van der Waals surface area contributed by atoms with Crippen molar-refractivity contribution in [3.63, 3.8) is 0 Å². The Balaban J connectivity index is 2.48. The van der Waals surface area contributed by atoms with Crippen LogP contribution in [0.25, 0.3) is 11.4 Å². The molecule has 6 heteroatoms. The van der Waals surface area contributed by atoms with Crippen molar-refractivity contribution < 1.29 is 4.92 Å². The summed E-state index contributed by atoms with van der Waals surface area (Å²) < 4.78 is 0. The number of nitrogens with one attached hydrogen (secondary N) is 1. The molecule has 1 aromatic carbocycles. The Bertz CT molecular complexity index is 628. The monoisotopic (exact) mass is 272 g/mol. The van der Waals surface area contributed by atoms with Crippen molar-refractivity contribution >= 4 is 11.5 Å². The summed E-state index contributed by atoms with van der Waals surface area (Å²) in [6.45, 7) is 2.08. The first-order valence-corrected chi connectivity index (χ1v) is 6.44. The topological polar surface area (TPSA) is 81.0 Å². The highest BCUT2D eigenvalue weighted by Gasteiger charge is 2.10. The van der Waals surface area contributed by atoms with Crippen LogP contribution < -0.4 is 5.32 Å². The Labute approximate surface area is 117 Å². The molecule has 1 heterocycles. The molecule has 0 spiro atoms. The molecule has 0 aliphatic carbocycles. The maximum absolute atomic E-state index is 10.8. The summed E-state index contributed by atoms with van der Waals surface area (Å²) in [7, 11) is 1.79. The zero-order chi connectivity index (χ0) is 14.5. The average molecular weight is 272 g/mol. The molecule has 2 aromatic rings. The average Bonchev–Trinajstić information content (AvgIpc) is 2.47. The summed E-state index contributed by atoms with van der Waals surface area (Å²) in [6.07, 6.45) is 1.83. The number of hydrogen-bond acceptors (Lipinski definition) is 5. The number of nitro groups is 1. The minimum atomic E-state index is -0.418. The standard InChI is InChI=1S/C14H16N4O2/c1-3-5-11-9-13(15-2)17-14(16-11)10-6-4-7-12(8-10)18(19)20/h4,6-9H,3,5H2,1-2H3,(H,15,16,17). The number of aromatic nitrogens is 2. The van der Waals surface area contributed by atoms with Gasteiger partial charge < -0.3 is 5.32 Å². The normalized spacial score (nSPS) is 10.3. The zero-order valence-electron chi connectivity index (χ0n) is 11.5. The molecular formula is C14H16N4O2. The van der Waals surface area contributed by atoms with E-state index in [0.717, 1.165) is 18.5 Å². The fourth-order valence-corrected chi connectivity index (χ4v) is 1.90. The Morgan fingerprint density at radius 2 is 2.10 bits per heavy atom. The molecule has 0 aliphatic heterocycles. The summed E-state index contributed by atoms with van der Waals surface area (Å²) in [4.78, 5) is 19.2. The van der Waals surface area contributed by atoms with Crippen LogP contribution in [0.3, 0.4) is 0 Å². The molecule has 0 unspecified atom stereocenters. The maximum atomic E-state index is 10.8. The van der Waals surface area contributed by atoms with Gasteiger partial charge in [-0.2, -0.15) is 0 Å². The van der Waals surface area contributed by atoms with Gasteiger partial charge in [0.2, 0.25) is 0 Å². The van der Waals surface area contributed by atoms with Gasteiger partial charge in [-0.3, -0.25) is 10.1 Å². The van der Waals surface area contributed by atoms with E-state index in [0.29, 0.717) is 17.2 Å². The number of nitro benzene ring substituents is 1. The first-order valence-electron chi connectivity index (χ1n) is 6.44. The van der Waals surface area contributed by atoms with Crippen molar-refractivity contribution in [3.8, 4) is 11.4 Å². The van der Waals surface area contributed by atoms with E-state index in [1.165, 1.54) is 12.1 Å². The van der Waals surface area contributed by atoms with Gasteiger partial charge in [-0.1, -0.05) is 25.5 Å². The lowest BCUT2D eigenvalue weighted by atomic mass is 10.1. The number of benzene rings is 1. The van der Waals surface area contributed by atoms with Crippen LogP contribution in [0.2, 0.25) is 0 Å². The summed E-state index contributed by atoms with van der Waals surface area (Å²) in [5.74, 6) is 1.22. The second-order valence-corrected chi connectivity index (χ2v) is 4.38. The minimum Gasteiger partial charge on any atom is -0.373 e. The van der Waals surface area contributed by atoms with E-state index in [-0.39, 0.29) is 5.69 Å². The van der Waals surface area contributed by atoms with Crippen LogP contribution in [-0.4, -0.2) is 21.9 Å². The van der Waals surface area contributed by atoms with Crippen molar-refractivity contribution in [2.75, 3.05) is 12.4 Å². The van der Waals surface area contributed by atoms with Crippen LogP contribution in [0.5, 0.6) is 0 Å². The van der Waals surface area contributed by atoms with Crippen molar-refractivity contribution in [3.05, 3.63) is 46.1 Å².